The summed E-state index contributed by atoms with van der Waals surface area (Å²) in [5.74, 6) is 0. The Balaban J connectivity index is 1.74. The van der Waals surface area contributed by atoms with E-state index < -0.39 is 9.84 Å². The first-order chi connectivity index (χ1) is 9.07. The highest BCUT2D eigenvalue weighted by Gasteiger charge is 2.33. The summed E-state index contributed by atoms with van der Waals surface area (Å²) in [5, 5.41) is 3.25. The molecule has 1 aliphatic carbocycles. The van der Waals surface area contributed by atoms with Crippen LogP contribution < -0.4 is 5.32 Å². The Morgan fingerprint density at radius 1 is 1.21 bits per heavy atom. The minimum atomic E-state index is -2.90. The van der Waals surface area contributed by atoms with Gasteiger partial charge in [-0.25, -0.2) is 8.42 Å². The van der Waals surface area contributed by atoms with E-state index in [1.807, 2.05) is 6.07 Å². The number of hydrogen-bond donors (Lipinski definition) is 1. The number of nitrogens with one attached hydrogen (secondary N) is 1. The van der Waals surface area contributed by atoms with Crippen molar-refractivity contribution >= 4 is 9.84 Å². The Kier molecular flexibility index (Phi) is 4.99. The predicted octanol–water partition coefficient (Wildman–Crippen LogP) is 2.17. The fraction of sp³-hybridized carbons (Fsp3) is 0.600. The van der Waals surface area contributed by atoms with Crippen molar-refractivity contribution in [2.75, 3.05) is 12.8 Å². The van der Waals surface area contributed by atoms with Gasteiger partial charge in [-0.15, -0.1) is 0 Å². The predicted molar refractivity (Wildman–Crippen MR) is 79.0 cm³/mol. The monoisotopic (exact) mass is 281 g/mol. The normalized spacial score (nSPS) is 23.6. The first-order valence-electron chi connectivity index (χ1n) is 7.03. The zero-order valence-corrected chi connectivity index (χ0v) is 12.3. The molecule has 3 nitrogen and oxygen atoms in total. The van der Waals surface area contributed by atoms with Crippen molar-refractivity contribution in [3.8, 4) is 0 Å². The van der Waals surface area contributed by atoms with Gasteiger partial charge in [-0.1, -0.05) is 36.8 Å². The highest BCUT2D eigenvalue weighted by atomic mass is 32.2. The van der Waals surface area contributed by atoms with Gasteiger partial charge in [-0.05, 0) is 37.8 Å². The minimum absolute atomic E-state index is 0.158. The molecule has 0 aliphatic heterocycles. The molecule has 106 valence electrons. The molecule has 1 aliphatic rings. The first kappa shape index (κ1) is 14.5. The molecule has 1 fully saturated rings. The van der Waals surface area contributed by atoms with E-state index in [0.29, 0.717) is 0 Å². The van der Waals surface area contributed by atoms with E-state index in [0.717, 1.165) is 38.6 Å². The minimum Gasteiger partial charge on any atom is -0.313 e. The van der Waals surface area contributed by atoms with Crippen molar-refractivity contribution in [2.45, 2.75) is 43.4 Å². The quantitative estimate of drug-likeness (QED) is 0.813. The summed E-state index contributed by atoms with van der Waals surface area (Å²) < 4.78 is 23.3. The molecule has 0 saturated heterocycles. The summed E-state index contributed by atoms with van der Waals surface area (Å²) in [7, 11) is -2.90. The van der Waals surface area contributed by atoms with Crippen LogP contribution in [-0.4, -0.2) is 32.5 Å². The third kappa shape index (κ3) is 4.32. The first-order valence-corrected chi connectivity index (χ1v) is 8.99. The lowest BCUT2D eigenvalue weighted by Crippen LogP contribution is -2.40. The lowest BCUT2D eigenvalue weighted by atomic mass is 10.1. The summed E-state index contributed by atoms with van der Waals surface area (Å²) >= 11 is 0. The molecule has 1 saturated carbocycles. The molecule has 1 aromatic rings. The van der Waals surface area contributed by atoms with Crippen molar-refractivity contribution in [2.24, 2.45) is 0 Å². The Hall–Kier alpha value is -0.870. The molecule has 0 spiro atoms. The van der Waals surface area contributed by atoms with Gasteiger partial charge in [0.25, 0.3) is 0 Å². The van der Waals surface area contributed by atoms with Gasteiger partial charge in [0.05, 0.1) is 5.25 Å². The second kappa shape index (κ2) is 6.53. The topological polar surface area (TPSA) is 46.2 Å². The fourth-order valence-electron chi connectivity index (χ4n) is 2.90. The molecule has 0 amide bonds. The molecular weight excluding hydrogens is 258 g/mol. The molecule has 1 aromatic carbocycles. The zero-order chi connectivity index (χ0) is 13.7. The molecule has 0 heterocycles. The van der Waals surface area contributed by atoms with Gasteiger partial charge < -0.3 is 5.32 Å². The van der Waals surface area contributed by atoms with Crippen molar-refractivity contribution in [1.29, 1.82) is 0 Å². The van der Waals surface area contributed by atoms with Gasteiger partial charge in [0.2, 0.25) is 0 Å². The highest BCUT2D eigenvalue weighted by molar-refractivity contribution is 7.91. The van der Waals surface area contributed by atoms with E-state index in [9.17, 15) is 8.42 Å². The van der Waals surface area contributed by atoms with Crippen molar-refractivity contribution in [3.05, 3.63) is 35.9 Å². The standard InChI is InChI=1S/C15H23NO2S/c1-19(17,18)15-11-5-10-14(15)16-12-6-9-13-7-3-2-4-8-13/h2-4,7-8,14-16H,5-6,9-12H2,1H3. The fourth-order valence-corrected chi connectivity index (χ4v) is 4.32. The van der Waals surface area contributed by atoms with Gasteiger partial charge in [0.15, 0.2) is 9.84 Å². The maximum Gasteiger partial charge on any atom is 0.151 e. The Bertz CT molecular complexity index is 484. The number of sulfone groups is 1. The molecule has 2 rings (SSSR count). The molecule has 2 atom stereocenters. The summed E-state index contributed by atoms with van der Waals surface area (Å²) in [5.41, 5.74) is 1.34. The molecule has 4 heteroatoms. The molecule has 0 bridgehead atoms. The number of aryl methyl sites for hydroxylation is 1. The van der Waals surface area contributed by atoms with Crippen molar-refractivity contribution in [1.82, 2.24) is 5.32 Å². The van der Waals surface area contributed by atoms with Crippen LogP contribution >= 0.6 is 0 Å². The smallest absolute Gasteiger partial charge is 0.151 e. The van der Waals surface area contributed by atoms with Gasteiger partial charge in [-0.2, -0.15) is 0 Å². The van der Waals surface area contributed by atoms with Crippen molar-refractivity contribution < 1.29 is 8.42 Å². The number of rotatable bonds is 6. The third-order valence-electron chi connectivity index (χ3n) is 3.89. The van der Waals surface area contributed by atoms with Gasteiger partial charge in [0, 0.05) is 12.3 Å². The van der Waals surface area contributed by atoms with Gasteiger partial charge >= 0.3 is 0 Å². The van der Waals surface area contributed by atoms with Crippen LogP contribution in [0.3, 0.4) is 0 Å². The molecule has 2 unspecified atom stereocenters. The second-order valence-electron chi connectivity index (χ2n) is 5.45. The number of hydrogen-bond acceptors (Lipinski definition) is 3. The summed E-state index contributed by atoms with van der Waals surface area (Å²) in [6.45, 7) is 0.894. The van der Waals surface area contributed by atoms with E-state index in [1.54, 1.807) is 0 Å². The second-order valence-corrected chi connectivity index (χ2v) is 7.71. The van der Waals surface area contributed by atoms with E-state index in [2.05, 4.69) is 29.6 Å². The average Bonchev–Trinajstić information content (AvgIpc) is 2.84. The number of benzene rings is 1. The van der Waals surface area contributed by atoms with Crippen molar-refractivity contribution in [3.63, 3.8) is 0 Å². The highest BCUT2D eigenvalue weighted by Crippen LogP contribution is 2.24. The van der Waals surface area contributed by atoms with Crippen LogP contribution in [0, 0.1) is 0 Å². The maximum atomic E-state index is 11.7. The molecule has 1 N–H and O–H groups in total. The molecule has 0 aromatic heterocycles. The van der Waals surface area contributed by atoms with E-state index in [-0.39, 0.29) is 11.3 Å². The Morgan fingerprint density at radius 2 is 1.95 bits per heavy atom. The molecule has 0 radical (unpaired) electrons. The van der Waals surface area contributed by atoms with E-state index in [1.165, 1.54) is 11.8 Å². The van der Waals surface area contributed by atoms with Crippen LogP contribution in [-0.2, 0) is 16.3 Å². The summed E-state index contributed by atoms with van der Waals surface area (Å²) in [4.78, 5) is 0. The molecule has 19 heavy (non-hydrogen) atoms. The Labute approximate surface area is 116 Å². The SMILES string of the molecule is CS(=O)(=O)C1CCCC1NCCCc1ccccc1. The third-order valence-corrected chi connectivity index (χ3v) is 5.56. The lowest BCUT2D eigenvalue weighted by molar-refractivity contribution is 0.501. The van der Waals surface area contributed by atoms with Crippen LogP contribution in [0.15, 0.2) is 30.3 Å². The van der Waals surface area contributed by atoms with Crippen LogP contribution in [0.1, 0.15) is 31.2 Å². The van der Waals surface area contributed by atoms with Crippen LogP contribution in [0.5, 0.6) is 0 Å². The average molecular weight is 281 g/mol. The van der Waals surface area contributed by atoms with E-state index >= 15 is 0 Å². The zero-order valence-electron chi connectivity index (χ0n) is 11.5. The van der Waals surface area contributed by atoms with Gasteiger partial charge in [0.1, 0.15) is 0 Å². The molecular formula is C15H23NO2S. The lowest BCUT2D eigenvalue weighted by Gasteiger charge is -2.19. The Morgan fingerprint density at radius 3 is 2.63 bits per heavy atom. The summed E-state index contributed by atoms with van der Waals surface area (Å²) in [6, 6.07) is 10.6. The summed E-state index contributed by atoms with van der Waals surface area (Å²) in [6.07, 6.45) is 6.29. The van der Waals surface area contributed by atoms with Crippen LogP contribution in [0.25, 0.3) is 0 Å². The largest absolute Gasteiger partial charge is 0.313 e. The van der Waals surface area contributed by atoms with Crippen LogP contribution in [0.2, 0.25) is 0 Å². The van der Waals surface area contributed by atoms with Crippen LogP contribution in [0.4, 0.5) is 0 Å². The maximum absolute atomic E-state index is 11.7. The van der Waals surface area contributed by atoms with Gasteiger partial charge in [-0.3, -0.25) is 0 Å². The van der Waals surface area contributed by atoms with E-state index in [4.69, 9.17) is 0 Å².